The molecule has 1 aliphatic carbocycles. The molecule has 2 fully saturated rings. The number of aromatic nitrogens is 2. The lowest BCUT2D eigenvalue weighted by Gasteiger charge is -2.39. The van der Waals surface area contributed by atoms with Crippen LogP contribution >= 0.6 is 0 Å². The number of rotatable bonds is 3. The molecule has 0 bridgehead atoms. The van der Waals surface area contributed by atoms with Crippen LogP contribution in [0.2, 0.25) is 0 Å². The van der Waals surface area contributed by atoms with Crippen LogP contribution in [0.25, 0.3) is 0 Å². The first-order valence-electron chi connectivity index (χ1n) is 8.37. The SMILES string of the molecule is CCc1cc(N2CCN(C3CCC(C)(C)C3)CC2)ncn1. The van der Waals surface area contributed by atoms with Crippen molar-refractivity contribution in [3.05, 3.63) is 18.1 Å². The molecule has 0 radical (unpaired) electrons. The van der Waals surface area contributed by atoms with E-state index in [1.54, 1.807) is 6.33 Å². The minimum atomic E-state index is 0.546. The van der Waals surface area contributed by atoms with Gasteiger partial charge in [-0.15, -0.1) is 0 Å². The van der Waals surface area contributed by atoms with E-state index in [9.17, 15) is 0 Å². The van der Waals surface area contributed by atoms with Gasteiger partial charge in [-0.3, -0.25) is 4.90 Å². The first-order valence-corrected chi connectivity index (χ1v) is 8.37. The summed E-state index contributed by atoms with van der Waals surface area (Å²) >= 11 is 0. The molecule has 1 saturated carbocycles. The van der Waals surface area contributed by atoms with Crippen LogP contribution < -0.4 is 4.90 Å². The zero-order valence-corrected chi connectivity index (χ0v) is 13.7. The van der Waals surface area contributed by atoms with Gasteiger partial charge in [0, 0.05) is 44.0 Å². The highest BCUT2D eigenvalue weighted by Gasteiger charge is 2.35. The van der Waals surface area contributed by atoms with E-state index in [0.29, 0.717) is 5.41 Å². The van der Waals surface area contributed by atoms with Crippen molar-refractivity contribution in [2.24, 2.45) is 5.41 Å². The Morgan fingerprint density at radius 2 is 1.95 bits per heavy atom. The summed E-state index contributed by atoms with van der Waals surface area (Å²) in [6.07, 6.45) is 6.80. The third-order valence-corrected chi connectivity index (χ3v) is 5.17. The summed E-state index contributed by atoms with van der Waals surface area (Å²) in [5, 5.41) is 0. The van der Waals surface area contributed by atoms with E-state index in [1.165, 1.54) is 32.4 Å². The fourth-order valence-electron chi connectivity index (χ4n) is 3.78. The van der Waals surface area contributed by atoms with Gasteiger partial charge in [-0.1, -0.05) is 20.8 Å². The number of aryl methyl sites for hydroxylation is 1. The Labute approximate surface area is 128 Å². The van der Waals surface area contributed by atoms with Gasteiger partial charge >= 0.3 is 0 Å². The smallest absolute Gasteiger partial charge is 0.132 e. The molecule has 0 aromatic carbocycles. The largest absolute Gasteiger partial charge is 0.354 e. The molecule has 0 amide bonds. The molecule has 1 atom stereocenters. The summed E-state index contributed by atoms with van der Waals surface area (Å²) in [6.45, 7) is 11.5. The molecular formula is C17H28N4. The topological polar surface area (TPSA) is 32.3 Å². The van der Waals surface area contributed by atoms with Gasteiger partial charge < -0.3 is 4.90 Å². The van der Waals surface area contributed by atoms with Crippen LogP contribution in [0.3, 0.4) is 0 Å². The van der Waals surface area contributed by atoms with Gasteiger partial charge in [0.15, 0.2) is 0 Å². The second-order valence-corrected chi connectivity index (χ2v) is 7.30. The lowest BCUT2D eigenvalue weighted by Crippen LogP contribution is -2.50. The first-order chi connectivity index (χ1) is 10.1. The standard InChI is InChI=1S/C17H28N4/c1-4-14-11-16(19-13-18-14)21-9-7-20(8-10-21)15-5-6-17(2,3)12-15/h11,13,15H,4-10,12H2,1-3H3. The van der Waals surface area contributed by atoms with E-state index < -0.39 is 0 Å². The highest BCUT2D eigenvalue weighted by molar-refractivity contribution is 5.39. The molecule has 1 unspecified atom stereocenters. The second kappa shape index (κ2) is 5.91. The quantitative estimate of drug-likeness (QED) is 0.856. The number of hydrogen-bond donors (Lipinski definition) is 0. The predicted molar refractivity (Wildman–Crippen MR) is 86.6 cm³/mol. The van der Waals surface area contributed by atoms with Crippen molar-refractivity contribution in [3.8, 4) is 0 Å². The molecule has 1 aromatic heterocycles. The van der Waals surface area contributed by atoms with Crippen molar-refractivity contribution in [2.45, 2.75) is 52.5 Å². The molecule has 0 spiro atoms. The van der Waals surface area contributed by atoms with E-state index >= 15 is 0 Å². The molecule has 21 heavy (non-hydrogen) atoms. The zero-order valence-electron chi connectivity index (χ0n) is 13.7. The Kier molecular flexibility index (Phi) is 4.16. The molecule has 4 heteroatoms. The van der Waals surface area contributed by atoms with Crippen LogP contribution in [-0.4, -0.2) is 47.1 Å². The zero-order chi connectivity index (χ0) is 14.9. The van der Waals surface area contributed by atoms with Crippen molar-refractivity contribution in [2.75, 3.05) is 31.1 Å². The summed E-state index contributed by atoms with van der Waals surface area (Å²) < 4.78 is 0. The average molecular weight is 288 g/mol. The molecule has 4 nitrogen and oxygen atoms in total. The monoisotopic (exact) mass is 288 g/mol. The average Bonchev–Trinajstić information content (AvgIpc) is 2.88. The summed E-state index contributed by atoms with van der Waals surface area (Å²) in [7, 11) is 0. The molecule has 2 aliphatic rings. The molecule has 116 valence electrons. The first kappa shape index (κ1) is 14.8. The maximum atomic E-state index is 4.45. The summed E-state index contributed by atoms with van der Waals surface area (Å²) in [6, 6.07) is 2.95. The molecule has 1 saturated heterocycles. The van der Waals surface area contributed by atoms with Crippen LogP contribution in [0.5, 0.6) is 0 Å². The highest BCUT2D eigenvalue weighted by atomic mass is 15.3. The molecule has 1 aromatic rings. The molecule has 3 rings (SSSR count). The highest BCUT2D eigenvalue weighted by Crippen LogP contribution is 2.39. The van der Waals surface area contributed by atoms with Gasteiger partial charge in [-0.25, -0.2) is 9.97 Å². The maximum Gasteiger partial charge on any atom is 0.132 e. The number of anilines is 1. The van der Waals surface area contributed by atoms with Crippen molar-refractivity contribution >= 4 is 5.82 Å². The lowest BCUT2D eigenvalue weighted by molar-refractivity contribution is 0.176. The number of nitrogens with zero attached hydrogens (tertiary/aromatic N) is 4. The molecule has 1 aliphatic heterocycles. The van der Waals surface area contributed by atoms with E-state index in [-0.39, 0.29) is 0 Å². The van der Waals surface area contributed by atoms with Crippen LogP contribution in [0.4, 0.5) is 5.82 Å². The number of hydrogen-bond acceptors (Lipinski definition) is 4. The van der Waals surface area contributed by atoms with Crippen molar-refractivity contribution in [1.82, 2.24) is 14.9 Å². The van der Waals surface area contributed by atoms with Crippen LogP contribution in [0.1, 0.15) is 45.7 Å². The third kappa shape index (κ3) is 3.37. The summed E-state index contributed by atoms with van der Waals surface area (Å²) in [5.41, 5.74) is 1.68. The molecule has 0 N–H and O–H groups in total. The Morgan fingerprint density at radius 1 is 1.19 bits per heavy atom. The maximum absolute atomic E-state index is 4.45. The van der Waals surface area contributed by atoms with Crippen LogP contribution in [0.15, 0.2) is 12.4 Å². The minimum absolute atomic E-state index is 0.546. The van der Waals surface area contributed by atoms with E-state index in [1.807, 2.05) is 0 Å². The van der Waals surface area contributed by atoms with E-state index in [0.717, 1.165) is 37.1 Å². The van der Waals surface area contributed by atoms with Crippen molar-refractivity contribution < 1.29 is 0 Å². The third-order valence-electron chi connectivity index (χ3n) is 5.17. The van der Waals surface area contributed by atoms with E-state index in [2.05, 4.69) is 46.6 Å². The molecule has 2 heterocycles. The van der Waals surface area contributed by atoms with Gasteiger partial charge in [-0.2, -0.15) is 0 Å². The van der Waals surface area contributed by atoms with Gasteiger partial charge in [-0.05, 0) is 31.1 Å². The van der Waals surface area contributed by atoms with Crippen LogP contribution in [-0.2, 0) is 6.42 Å². The van der Waals surface area contributed by atoms with E-state index in [4.69, 9.17) is 0 Å². The van der Waals surface area contributed by atoms with Crippen molar-refractivity contribution in [3.63, 3.8) is 0 Å². The predicted octanol–water partition coefficient (Wildman–Crippen LogP) is 2.74. The normalized spacial score (nSPS) is 26.2. The number of piperazine rings is 1. The fourth-order valence-corrected chi connectivity index (χ4v) is 3.78. The Morgan fingerprint density at radius 3 is 2.57 bits per heavy atom. The Hall–Kier alpha value is -1.16. The molecular weight excluding hydrogens is 260 g/mol. The van der Waals surface area contributed by atoms with Gasteiger partial charge in [0.1, 0.15) is 12.1 Å². The fraction of sp³-hybridized carbons (Fsp3) is 0.765. The van der Waals surface area contributed by atoms with Crippen LogP contribution in [0, 0.1) is 5.41 Å². The lowest BCUT2D eigenvalue weighted by atomic mass is 9.91. The van der Waals surface area contributed by atoms with Gasteiger partial charge in [0.2, 0.25) is 0 Å². The van der Waals surface area contributed by atoms with Gasteiger partial charge in [0.25, 0.3) is 0 Å². The van der Waals surface area contributed by atoms with Crippen molar-refractivity contribution in [1.29, 1.82) is 0 Å². The Balaban J connectivity index is 1.57. The minimum Gasteiger partial charge on any atom is -0.354 e. The summed E-state index contributed by atoms with van der Waals surface area (Å²) in [5.74, 6) is 1.10. The second-order valence-electron chi connectivity index (χ2n) is 7.30. The van der Waals surface area contributed by atoms with Gasteiger partial charge in [0.05, 0.1) is 0 Å². The Bertz CT molecular complexity index is 477. The summed E-state index contributed by atoms with van der Waals surface area (Å²) in [4.78, 5) is 13.9.